The van der Waals surface area contributed by atoms with Crippen LogP contribution in [0.1, 0.15) is 47.5 Å². The Morgan fingerprint density at radius 2 is 1.97 bits per heavy atom. The summed E-state index contributed by atoms with van der Waals surface area (Å²) in [5.74, 6) is -1.23. The van der Waals surface area contributed by atoms with E-state index in [9.17, 15) is 24.4 Å². The predicted octanol–water partition coefficient (Wildman–Crippen LogP) is 0.544. The summed E-state index contributed by atoms with van der Waals surface area (Å²) in [6, 6.07) is -0.575. The molecule has 4 amide bonds. The Hall–Kier alpha value is -2.87. The first-order valence-corrected chi connectivity index (χ1v) is 12.1. The van der Waals surface area contributed by atoms with Crippen molar-refractivity contribution in [2.24, 2.45) is 23.2 Å². The lowest BCUT2D eigenvalue weighted by atomic mass is 9.97. The minimum Gasteiger partial charge on any atom is -0.444 e. The topological polar surface area (TPSA) is 150 Å². The molecule has 0 bridgehead atoms. The van der Waals surface area contributed by atoms with Crippen molar-refractivity contribution in [3.63, 3.8) is 0 Å². The average molecular weight is 492 g/mol. The predicted molar refractivity (Wildman–Crippen MR) is 125 cm³/mol. The van der Waals surface area contributed by atoms with Crippen molar-refractivity contribution >= 4 is 23.8 Å². The summed E-state index contributed by atoms with van der Waals surface area (Å²) in [7, 11) is 1.42. The Bertz CT molecular complexity index is 907. The number of fused-ring (bicyclic) bond motifs is 1. The van der Waals surface area contributed by atoms with Gasteiger partial charge in [-0.3, -0.25) is 14.4 Å². The fourth-order valence-corrected chi connectivity index (χ4v) is 5.36. The molecule has 3 rings (SSSR count). The zero-order valence-corrected chi connectivity index (χ0v) is 21.3. The molecule has 11 heteroatoms. The van der Waals surface area contributed by atoms with Gasteiger partial charge in [-0.15, -0.1) is 0 Å². The summed E-state index contributed by atoms with van der Waals surface area (Å²) < 4.78 is 10.4. The number of hydrogen-bond acceptors (Lipinski definition) is 7. The summed E-state index contributed by atoms with van der Waals surface area (Å²) in [6.07, 6.45) is 0.0878. The van der Waals surface area contributed by atoms with Crippen LogP contribution in [0.25, 0.3) is 0 Å². The molecule has 0 aromatic rings. The highest BCUT2D eigenvalue weighted by Gasteiger charge is 2.69. The van der Waals surface area contributed by atoms with Crippen LogP contribution in [-0.2, 0) is 23.9 Å². The van der Waals surface area contributed by atoms with Crippen molar-refractivity contribution in [2.45, 2.75) is 71.2 Å². The van der Waals surface area contributed by atoms with Gasteiger partial charge in [-0.25, -0.2) is 4.79 Å². The van der Waals surface area contributed by atoms with Crippen molar-refractivity contribution in [1.29, 1.82) is 5.26 Å². The normalized spacial score (nSPS) is 28.3. The average Bonchev–Trinajstić information content (AvgIpc) is 3.10. The van der Waals surface area contributed by atoms with Crippen molar-refractivity contribution in [2.75, 3.05) is 26.8 Å². The van der Waals surface area contributed by atoms with E-state index < -0.39 is 41.6 Å². The fraction of sp³-hybridized carbons (Fsp3) is 0.792. The minimum absolute atomic E-state index is 0.0645. The van der Waals surface area contributed by atoms with Gasteiger partial charge >= 0.3 is 6.09 Å². The Kier molecular flexibility index (Phi) is 7.65. The number of alkyl carbamates (subject to hydrolysis) is 1. The minimum atomic E-state index is -1.03. The highest BCUT2D eigenvalue weighted by Crippen LogP contribution is 2.64. The van der Waals surface area contributed by atoms with Crippen LogP contribution in [0.3, 0.4) is 0 Å². The molecule has 3 aliphatic rings. The molecular weight excluding hydrogens is 454 g/mol. The second-order valence-corrected chi connectivity index (χ2v) is 11.2. The number of methoxy groups -OCH3 is 1. The van der Waals surface area contributed by atoms with Crippen LogP contribution in [-0.4, -0.2) is 79.2 Å². The van der Waals surface area contributed by atoms with Gasteiger partial charge in [0.2, 0.25) is 17.7 Å². The molecule has 35 heavy (non-hydrogen) atoms. The Balaban J connectivity index is 1.73. The highest BCUT2D eigenvalue weighted by atomic mass is 16.6. The quantitative estimate of drug-likeness (QED) is 0.449. The van der Waals surface area contributed by atoms with E-state index in [1.54, 1.807) is 20.8 Å². The van der Waals surface area contributed by atoms with E-state index in [4.69, 9.17) is 9.47 Å². The van der Waals surface area contributed by atoms with E-state index in [2.05, 4.69) is 35.9 Å². The molecule has 3 fully saturated rings. The maximum atomic E-state index is 13.5. The molecule has 0 aromatic heterocycles. The summed E-state index contributed by atoms with van der Waals surface area (Å²) in [4.78, 5) is 52.6. The van der Waals surface area contributed by atoms with Crippen LogP contribution in [0.5, 0.6) is 0 Å². The van der Waals surface area contributed by atoms with Crippen LogP contribution < -0.4 is 16.0 Å². The van der Waals surface area contributed by atoms with E-state index in [0.717, 1.165) is 0 Å². The van der Waals surface area contributed by atoms with Crippen LogP contribution >= 0.6 is 0 Å². The smallest absolute Gasteiger partial charge is 0.408 e. The van der Waals surface area contributed by atoms with Gasteiger partial charge in [0.05, 0.1) is 12.7 Å². The molecule has 1 saturated carbocycles. The third-order valence-corrected chi connectivity index (χ3v) is 7.24. The fourth-order valence-electron chi connectivity index (χ4n) is 5.36. The van der Waals surface area contributed by atoms with Gasteiger partial charge in [0.25, 0.3) is 0 Å². The number of nitriles is 1. The molecule has 1 aliphatic carbocycles. The standard InChI is InChI=1S/C24H37N5O6/c1-23(2,3)35-22(33)28-16(12-34-6)21(32)29-11-15-17(24(15,4)5)18(29)20(31)27-14(10-25)9-13-7-8-26-19(13)30/h13-18H,7-9,11-12H2,1-6H3,(H,26,30)(H,27,31)(H,28,33)/t13-,14-,15-,16-,17-,18-/m0/s1. The van der Waals surface area contributed by atoms with E-state index in [-0.39, 0.29) is 42.1 Å². The lowest BCUT2D eigenvalue weighted by molar-refractivity contribution is -0.143. The number of carbonyl (C=O) groups excluding carboxylic acids is 4. The van der Waals surface area contributed by atoms with E-state index >= 15 is 0 Å². The number of piperidine rings is 1. The molecule has 0 spiro atoms. The van der Waals surface area contributed by atoms with Gasteiger partial charge in [-0.2, -0.15) is 5.26 Å². The number of carbonyl (C=O) groups is 4. The SMILES string of the molecule is COC[C@H](NC(=O)OC(C)(C)C)C(=O)N1C[C@H]2[C@@H]([C@H]1C(=O)N[C@H](C#N)C[C@@H]1CCNC1=O)C2(C)C. The summed E-state index contributed by atoms with van der Waals surface area (Å²) in [5.41, 5.74) is -0.864. The summed E-state index contributed by atoms with van der Waals surface area (Å²) in [5, 5.41) is 17.7. The monoisotopic (exact) mass is 491 g/mol. The first-order valence-electron chi connectivity index (χ1n) is 12.1. The van der Waals surface area contributed by atoms with Gasteiger partial charge in [0.1, 0.15) is 23.7 Å². The molecule has 2 saturated heterocycles. The molecule has 2 heterocycles. The van der Waals surface area contributed by atoms with E-state index in [0.29, 0.717) is 19.5 Å². The molecule has 11 nitrogen and oxygen atoms in total. The van der Waals surface area contributed by atoms with Crippen molar-refractivity contribution in [1.82, 2.24) is 20.9 Å². The summed E-state index contributed by atoms with van der Waals surface area (Å²) in [6.45, 7) is 10.1. The number of nitrogens with one attached hydrogen (secondary N) is 3. The van der Waals surface area contributed by atoms with Gasteiger partial charge in [0.15, 0.2) is 0 Å². The number of nitrogens with zero attached hydrogens (tertiary/aromatic N) is 2. The maximum absolute atomic E-state index is 13.5. The van der Waals surface area contributed by atoms with Crippen molar-refractivity contribution < 1.29 is 28.7 Å². The third-order valence-electron chi connectivity index (χ3n) is 7.24. The molecule has 0 radical (unpaired) electrons. The number of hydrogen-bond donors (Lipinski definition) is 3. The van der Waals surface area contributed by atoms with Gasteiger partial charge in [-0.1, -0.05) is 13.8 Å². The van der Waals surface area contributed by atoms with E-state index in [1.807, 2.05) is 0 Å². The number of ether oxygens (including phenoxy) is 2. The van der Waals surface area contributed by atoms with Crippen LogP contribution in [0.2, 0.25) is 0 Å². The molecule has 0 aromatic carbocycles. The maximum Gasteiger partial charge on any atom is 0.408 e. The largest absolute Gasteiger partial charge is 0.444 e. The zero-order chi connectivity index (χ0) is 26.1. The first kappa shape index (κ1) is 26.7. The third kappa shape index (κ3) is 5.86. The Morgan fingerprint density at radius 1 is 1.29 bits per heavy atom. The van der Waals surface area contributed by atoms with Gasteiger partial charge < -0.3 is 30.3 Å². The van der Waals surface area contributed by atoms with Crippen LogP contribution in [0.4, 0.5) is 4.79 Å². The molecular formula is C24H37N5O6. The van der Waals surface area contributed by atoms with Crippen molar-refractivity contribution in [3.8, 4) is 6.07 Å². The van der Waals surface area contributed by atoms with Crippen LogP contribution in [0, 0.1) is 34.5 Å². The van der Waals surface area contributed by atoms with Gasteiger partial charge in [0, 0.05) is 26.1 Å². The zero-order valence-electron chi connectivity index (χ0n) is 21.3. The molecule has 0 unspecified atom stereocenters. The molecule has 6 atom stereocenters. The molecule has 2 aliphatic heterocycles. The lowest BCUT2D eigenvalue weighted by Crippen LogP contribution is -2.58. The number of amides is 4. The second-order valence-electron chi connectivity index (χ2n) is 11.2. The lowest BCUT2D eigenvalue weighted by Gasteiger charge is -2.33. The highest BCUT2D eigenvalue weighted by molar-refractivity contribution is 5.93. The van der Waals surface area contributed by atoms with Gasteiger partial charge in [-0.05, 0) is 50.9 Å². The number of likely N-dealkylation sites (tertiary alicyclic amines) is 1. The van der Waals surface area contributed by atoms with E-state index in [1.165, 1.54) is 12.0 Å². The second kappa shape index (κ2) is 10.0. The van der Waals surface area contributed by atoms with Crippen molar-refractivity contribution in [3.05, 3.63) is 0 Å². The number of rotatable bonds is 8. The van der Waals surface area contributed by atoms with Crippen LogP contribution in [0.15, 0.2) is 0 Å². The summed E-state index contributed by atoms with van der Waals surface area (Å²) >= 11 is 0. The molecule has 194 valence electrons. The first-order chi connectivity index (χ1) is 16.3. The Labute approximate surface area is 206 Å². The molecule has 3 N–H and O–H groups in total. The Morgan fingerprint density at radius 3 is 2.51 bits per heavy atom.